The van der Waals surface area contributed by atoms with Crippen LogP contribution in [0.25, 0.3) is 28.2 Å². The van der Waals surface area contributed by atoms with E-state index in [2.05, 4.69) is 5.10 Å². The van der Waals surface area contributed by atoms with E-state index in [9.17, 15) is 0 Å². The van der Waals surface area contributed by atoms with Crippen molar-refractivity contribution in [1.82, 2.24) is 14.6 Å². The maximum atomic E-state index is 5.63. The van der Waals surface area contributed by atoms with E-state index in [-0.39, 0.29) is 0 Å². The van der Waals surface area contributed by atoms with E-state index >= 15 is 0 Å². The lowest BCUT2D eigenvalue weighted by atomic mass is 10.1. The lowest BCUT2D eigenvalue weighted by Crippen LogP contribution is -2.02. The van der Waals surface area contributed by atoms with E-state index in [0.29, 0.717) is 17.2 Å². The maximum Gasteiger partial charge on any atom is 0.156 e. The lowest BCUT2D eigenvalue weighted by Gasteiger charge is -2.16. The fraction of sp³-hybridized carbons (Fsp3) is 0.143. The van der Waals surface area contributed by atoms with Crippen LogP contribution in [0.4, 0.5) is 0 Å². The van der Waals surface area contributed by atoms with Crippen molar-refractivity contribution in [3.63, 3.8) is 0 Å². The number of methoxy groups -OCH3 is 3. The van der Waals surface area contributed by atoms with Gasteiger partial charge in [0.1, 0.15) is 17.2 Å². The molecule has 2 aromatic carbocycles. The molecule has 2 heterocycles. The van der Waals surface area contributed by atoms with Gasteiger partial charge in [-0.15, -0.1) is 0 Å². The second-order valence-corrected chi connectivity index (χ2v) is 5.90. The van der Waals surface area contributed by atoms with Crippen molar-refractivity contribution in [3.8, 4) is 39.8 Å². The van der Waals surface area contributed by atoms with Gasteiger partial charge in [0, 0.05) is 23.8 Å². The van der Waals surface area contributed by atoms with E-state index in [1.165, 1.54) is 0 Å². The monoisotopic (exact) mass is 361 g/mol. The van der Waals surface area contributed by atoms with Crippen molar-refractivity contribution < 1.29 is 14.2 Å². The first-order valence-electron chi connectivity index (χ1n) is 8.45. The van der Waals surface area contributed by atoms with Gasteiger partial charge >= 0.3 is 0 Å². The Kier molecular flexibility index (Phi) is 4.38. The zero-order valence-corrected chi connectivity index (χ0v) is 15.3. The molecule has 0 aliphatic carbocycles. The molecule has 0 bridgehead atoms. The Bertz CT molecular complexity index is 1070. The molecule has 6 nitrogen and oxygen atoms in total. The molecule has 0 N–H and O–H groups in total. The van der Waals surface area contributed by atoms with Gasteiger partial charge in [-0.3, -0.25) is 0 Å². The molecular formula is C21H19N3O3. The summed E-state index contributed by atoms with van der Waals surface area (Å²) in [5.74, 6) is 1.92. The predicted molar refractivity (Wildman–Crippen MR) is 104 cm³/mol. The average Bonchev–Trinajstić information content (AvgIpc) is 3.21. The van der Waals surface area contributed by atoms with Crippen molar-refractivity contribution in [3.05, 3.63) is 60.8 Å². The standard InChI is InChI=1S/C21H19N3O3/c1-25-15-11-18(26-2)21(19(12-15)27-3)17-13-16(14-7-5-4-6-8-14)23-20-9-10-22-24(17)20/h4-13H,1-3H3. The molecule has 0 saturated carbocycles. The third kappa shape index (κ3) is 2.95. The summed E-state index contributed by atoms with van der Waals surface area (Å²) in [5, 5.41) is 4.44. The van der Waals surface area contributed by atoms with Crippen LogP contribution >= 0.6 is 0 Å². The maximum absolute atomic E-state index is 5.63. The highest BCUT2D eigenvalue weighted by molar-refractivity contribution is 5.80. The fourth-order valence-electron chi connectivity index (χ4n) is 3.11. The number of hydrogen-bond donors (Lipinski definition) is 0. The molecule has 0 saturated heterocycles. The van der Waals surface area contributed by atoms with Gasteiger partial charge in [0.2, 0.25) is 0 Å². The van der Waals surface area contributed by atoms with Crippen LogP contribution in [-0.4, -0.2) is 35.9 Å². The van der Waals surface area contributed by atoms with Gasteiger partial charge in [-0.25, -0.2) is 9.50 Å². The zero-order chi connectivity index (χ0) is 18.8. The lowest BCUT2D eigenvalue weighted by molar-refractivity contribution is 0.377. The molecule has 2 aromatic heterocycles. The van der Waals surface area contributed by atoms with Crippen LogP contribution in [0, 0.1) is 0 Å². The van der Waals surface area contributed by atoms with E-state index in [1.54, 1.807) is 32.0 Å². The Balaban J connectivity index is 2.03. The second-order valence-electron chi connectivity index (χ2n) is 5.90. The van der Waals surface area contributed by atoms with Crippen LogP contribution in [0.2, 0.25) is 0 Å². The first-order valence-corrected chi connectivity index (χ1v) is 8.45. The summed E-state index contributed by atoms with van der Waals surface area (Å²) in [6.45, 7) is 0. The van der Waals surface area contributed by atoms with Gasteiger partial charge in [-0.1, -0.05) is 30.3 Å². The van der Waals surface area contributed by atoms with Crippen molar-refractivity contribution in [2.75, 3.05) is 21.3 Å². The second kappa shape index (κ2) is 6.99. The van der Waals surface area contributed by atoms with Crippen LogP contribution in [0.5, 0.6) is 17.2 Å². The predicted octanol–water partition coefficient (Wildman–Crippen LogP) is 4.09. The van der Waals surface area contributed by atoms with Gasteiger partial charge in [0.05, 0.1) is 44.5 Å². The zero-order valence-electron chi connectivity index (χ0n) is 15.3. The summed E-state index contributed by atoms with van der Waals surface area (Å²) < 4.78 is 18.4. The Hall–Kier alpha value is -3.54. The molecule has 4 aromatic rings. The van der Waals surface area contributed by atoms with E-state index in [1.807, 2.05) is 54.6 Å². The highest BCUT2D eigenvalue weighted by atomic mass is 16.5. The van der Waals surface area contributed by atoms with E-state index < -0.39 is 0 Å². The van der Waals surface area contributed by atoms with Crippen LogP contribution in [0.3, 0.4) is 0 Å². The first kappa shape index (κ1) is 16.9. The normalized spacial score (nSPS) is 10.8. The number of rotatable bonds is 5. The molecule has 0 unspecified atom stereocenters. The number of ether oxygens (including phenoxy) is 3. The number of aromatic nitrogens is 3. The van der Waals surface area contributed by atoms with Gasteiger partial charge < -0.3 is 14.2 Å². The minimum atomic E-state index is 0.633. The molecule has 0 amide bonds. The quantitative estimate of drug-likeness (QED) is 0.536. The van der Waals surface area contributed by atoms with Crippen LogP contribution in [-0.2, 0) is 0 Å². The molecule has 0 aliphatic rings. The first-order chi connectivity index (χ1) is 13.2. The van der Waals surface area contributed by atoms with Crippen molar-refractivity contribution in [2.45, 2.75) is 0 Å². The third-order valence-electron chi connectivity index (χ3n) is 4.40. The molecule has 136 valence electrons. The molecule has 0 fully saturated rings. The summed E-state index contributed by atoms with van der Waals surface area (Å²) in [7, 11) is 4.86. The van der Waals surface area contributed by atoms with Crippen LogP contribution in [0.15, 0.2) is 60.8 Å². The van der Waals surface area contributed by atoms with Crippen LogP contribution < -0.4 is 14.2 Å². The van der Waals surface area contributed by atoms with E-state index in [0.717, 1.165) is 28.2 Å². The van der Waals surface area contributed by atoms with Crippen LogP contribution in [0.1, 0.15) is 0 Å². The number of benzene rings is 2. The summed E-state index contributed by atoms with van der Waals surface area (Å²) in [5.41, 5.74) is 4.22. The van der Waals surface area contributed by atoms with Gasteiger partial charge in [-0.2, -0.15) is 5.10 Å². The van der Waals surface area contributed by atoms with Gasteiger partial charge in [0.15, 0.2) is 5.65 Å². The molecule has 4 rings (SSSR count). The number of nitrogens with zero attached hydrogens (tertiary/aromatic N) is 3. The largest absolute Gasteiger partial charge is 0.496 e. The summed E-state index contributed by atoms with van der Waals surface area (Å²) >= 11 is 0. The van der Waals surface area contributed by atoms with Gasteiger partial charge in [0.25, 0.3) is 0 Å². The Labute approximate surface area is 157 Å². The molecular weight excluding hydrogens is 342 g/mol. The molecule has 0 spiro atoms. The Morgan fingerprint density at radius 1 is 0.815 bits per heavy atom. The average molecular weight is 361 g/mol. The van der Waals surface area contributed by atoms with Crippen molar-refractivity contribution in [1.29, 1.82) is 0 Å². The molecule has 0 atom stereocenters. The van der Waals surface area contributed by atoms with E-state index in [4.69, 9.17) is 19.2 Å². The highest BCUT2D eigenvalue weighted by Gasteiger charge is 2.20. The van der Waals surface area contributed by atoms with Crippen molar-refractivity contribution in [2.24, 2.45) is 0 Å². The smallest absolute Gasteiger partial charge is 0.156 e. The summed E-state index contributed by atoms with van der Waals surface area (Å²) in [6, 6.07) is 17.5. The highest BCUT2D eigenvalue weighted by Crippen LogP contribution is 2.42. The fourth-order valence-corrected chi connectivity index (χ4v) is 3.11. The minimum Gasteiger partial charge on any atom is -0.496 e. The van der Waals surface area contributed by atoms with Gasteiger partial charge in [-0.05, 0) is 6.07 Å². The van der Waals surface area contributed by atoms with Crippen molar-refractivity contribution >= 4 is 5.65 Å². The summed E-state index contributed by atoms with van der Waals surface area (Å²) in [4.78, 5) is 4.73. The SMILES string of the molecule is COc1cc(OC)c(-c2cc(-c3ccccc3)nc3ccnn23)c(OC)c1. The number of hydrogen-bond acceptors (Lipinski definition) is 5. The minimum absolute atomic E-state index is 0.633. The molecule has 0 radical (unpaired) electrons. The topological polar surface area (TPSA) is 57.9 Å². The Morgan fingerprint density at radius 3 is 2.15 bits per heavy atom. The summed E-state index contributed by atoms with van der Waals surface area (Å²) in [6.07, 6.45) is 1.73. The number of fused-ring (bicyclic) bond motifs is 1. The molecule has 0 aliphatic heterocycles. The molecule has 27 heavy (non-hydrogen) atoms. The Morgan fingerprint density at radius 2 is 1.52 bits per heavy atom. The third-order valence-corrected chi connectivity index (χ3v) is 4.40. The molecule has 6 heteroatoms.